The van der Waals surface area contributed by atoms with Crippen LogP contribution in [0.4, 0.5) is 5.82 Å². The molecule has 2 N–H and O–H groups in total. The highest BCUT2D eigenvalue weighted by Crippen LogP contribution is 2.23. The van der Waals surface area contributed by atoms with Gasteiger partial charge in [-0.3, -0.25) is 4.68 Å². The van der Waals surface area contributed by atoms with Crippen molar-refractivity contribution in [3.8, 4) is 0 Å². The molecule has 1 atom stereocenters. The first-order valence-corrected chi connectivity index (χ1v) is 9.03. The Balaban J connectivity index is 1.80. The zero-order valence-corrected chi connectivity index (χ0v) is 15.0. The fourth-order valence-electron chi connectivity index (χ4n) is 2.59. The predicted octanol–water partition coefficient (Wildman–Crippen LogP) is 2.81. The van der Waals surface area contributed by atoms with Gasteiger partial charge in [0.15, 0.2) is 5.65 Å². The third-order valence-corrected chi connectivity index (χ3v) is 4.91. The van der Waals surface area contributed by atoms with Crippen LogP contribution in [0.3, 0.4) is 0 Å². The Hall–Kier alpha value is -1.99. The lowest BCUT2D eigenvalue weighted by Gasteiger charge is -2.16. The molecule has 0 fully saturated rings. The predicted molar refractivity (Wildman–Crippen MR) is 97.5 cm³/mol. The Kier molecular flexibility index (Phi) is 5.11. The van der Waals surface area contributed by atoms with Gasteiger partial charge in [0.2, 0.25) is 0 Å². The summed E-state index contributed by atoms with van der Waals surface area (Å²) >= 11 is 1.72. The van der Waals surface area contributed by atoms with Crippen LogP contribution in [0.2, 0.25) is 0 Å². The molecule has 0 saturated heterocycles. The largest absolute Gasteiger partial charge is 0.396 e. The number of aliphatic hydroxyl groups is 1. The summed E-state index contributed by atoms with van der Waals surface area (Å²) in [5, 5.41) is 20.3. The van der Waals surface area contributed by atoms with Crippen molar-refractivity contribution < 1.29 is 5.11 Å². The maximum absolute atomic E-state index is 9.68. The molecular weight excluding hydrogens is 322 g/mol. The van der Waals surface area contributed by atoms with Crippen molar-refractivity contribution in [3.63, 3.8) is 0 Å². The summed E-state index contributed by atoms with van der Waals surface area (Å²) in [4.78, 5) is 10.6. The van der Waals surface area contributed by atoms with Gasteiger partial charge >= 0.3 is 0 Å². The minimum absolute atomic E-state index is 0.142. The lowest BCUT2D eigenvalue weighted by Crippen LogP contribution is -2.21. The van der Waals surface area contributed by atoms with E-state index in [0.29, 0.717) is 6.54 Å². The molecule has 3 aromatic rings. The van der Waals surface area contributed by atoms with Gasteiger partial charge in [0.25, 0.3) is 0 Å². The van der Waals surface area contributed by atoms with E-state index in [4.69, 9.17) is 0 Å². The van der Waals surface area contributed by atoms with E-state index in [1.54, 1.807) is 22.2 Å². The fourth-order valence-corrected chi connectivity index (χ4v) is 3.41. The monoisotopic (exact) mass is 345 g/mol. The van der Waals surface area contributed by atoms with Crippen LogP contribution < -0.4 is 5.32 Å². The van der Waals surface area contributed by atoms with Crippen LogP contribution >= 0.6 is 11.3 Å². The standard InChI is InChI=1S/C17H23N5OS/c1-11(2)15-20-16(14-9-19-22(3)17(14)21-15)18-8-12(10-23)7-13-5-4-6-24-13/h4-6,9,11-12,23H,7-8,10H2,1-3H3,(H,18,20,21). The van der Waals surface area contributed by atoms with Gasteiger partial charge < -0.3 is 10.4 Å². The maximum atomic E-state index is 9.68. The molecule has 0 aromatic carbocycles. The molecule has 0 aliphatic carbocycles. The lowest BCUT2D eigenvalue weighted by molar-refractivity contribution is 0.233. The topological polar surface area (TPSA) is 75.9 Å². The smallest absolute Gasteiger partial charge is 0.163 e. The van der Waals surface area contributed by atoms with Gasteiger partial charge in [-0.15, -0.1) is 11.3 Å². The van der Waals surface area contributed by atoms with E-state index in [1.807, 2.05) is 13.1 Å². The molecule has 128 valence electrons. The molecule has 0 saturated carbocycles. The van der Waals surface area contributed by atoms with E-state index in [9.17, 15) is 5.11 Å². The van der Waals surface area contributed by atoms with Crippen molar-refractivity contribution in [2.45, 2.75) is 26.2 Å². The summed E-state index contributed by atoms with van der Waals surface area (Å²) in [5.74, 6) is 1.98. The Labute approximate surface area is 145 Å². The van der Waals surface area contributed by atoms with Crippen LogP contribution in [0.5, 0.6) is 0 Å². The molecule has 0 aliphatic rings. The molecule has 0 amide bonds. The van der Waals surface area contributed by atoms with Crippen molar-refractivity contribution in [2.75, 3.05) is 18.5 Å². The summed E-state index contributed by atoms with van der Waals surface area (Å²) < 4.78 is 1.77. The van der Waals surface area contributed by atoms with Gasteiger partial charge in [-0.25, -0.2) is 9.97 Å². The Morgan fingerprint density at radius 3 is 2.83 bits per heavy atom. The summed E-state index contributed by atoms with van der Waals surface area (Å²) in [6.07, 6.45) is 2.65. The van der Waals surface area contributed by atoms with E-state index in [0.717, 1.165) is 29.1 Å². The number of anilines is 1. The van der Waals surface area contributed by atoms with E-state index in [1.165, 1.54) is 4.88 Å². The number of hydrogen-bond acceptors (Lipinski definition) is 6. The number of aliphatic hydroxyl groups excluding tert-OH is 1. The SMILES string of the molecule is CC(C)c1nc(NCC(CO)Cc2cccs2)c2cnn(C)c2n1. The van der Waals surface area contributed by atoms with Crippen LogP contribution in [0.25, 0.3) is 11.0 Å². The van der Waals surface area contributed by atoms with Crippen LogP contribution in [0.1, 0.15) is 30.5 Å². The average molecular weight is 345 g/mol. The highest BCUT2D eigenvalue weighted by molar-refractivity contribution is 7.09. The summed E-state index contributed by atoms with van der Waals surface area (Å²) in [6, 6.07) is 4.15. The van der Waals surface area contributed by atoms with Gasteiger partial charge in [0.05, 0.1) is 11.6 Å². The molecule has 24 heavy (non-hydrogen) atoms. The zero-order chi connectivity index (χ0) is 17.1. The van der Waals surface area contributed by atoms with Crippen LogP contribution in [-0.4, -0.2) is 38.0 Å². The second-order valence-corrected chi connectivity index (χ2v) is 7.34. The number of hydrogen-bond donors (Lipinski definition) is 2. The van der Waals surface area contributed by atoms with Crippen LogP contribution in [-0.2, 0) is 13.5 Å². The normalized spacial score (nSPS) is 12.9. The quantitative estimate of drug-likeness (QED) is 0.689. The maximum Gasteiger partial charge on any atom is 0.163 e. The van der Waals surface area contributed by atoms with Gasteiger partial charge in [-0.05, 0) is 17.9 Å². The number of rotatable bonds is 7. The first-order valence-electron chi connectivity index (χ1n) is 8.15. The Morgan fingerprint density at radius 1 is 1.33 bits per heavy atom. The highest BCUT2D eigenvalue weighted by Gasteiger charge is 2.15. The Bertz CT molecular complexity index is 797. The molecule has 6 nitrogen and oxygen atoms in total. The lowest BCUT2D eigenvalue weighted by atomic mass is 10.1. The molecule has 3 heterocycles. The number of fused-ring (bicyclic) bond motifs is 1. The van der Waals surface area contributed by atoms with Crippen molar-refractivity contribution in [1.82, 2.24) is 19.7 Å². The van der Waals surface area contributed by atoms with Crippen molar-refractivity contribution >= 4 is 28.2 Å². The minimum atomic E-state index is 0.142. The summed E-state index contributed by atoms with van der Waals surface area (Å²) in [7, 11) is 1.89. The molecule has 0 spiro atoms. The van der Waals surface area contributed by atoms with E-state index in [-0.39, 0.29) is 18.4 Å². The minimum Gasteiger partial charge on any atom is -0.396 e. The van der Waals surface area contributed by atoms with Crippen LogP contribution in [0, 0.1) is 5.92 Å². The molecule has 7 heteroatoms. The first-order chi connectivity index (χ1) is 11.6. The van der Waals surface area contributed by atoms with Crippen molar-refractivity contribution in [3.05, 3.63) is 34.4 Å². The average Bonchev–Trinajstić information content (AvgIpc) is 3.21. The summed E-state index contributed by atoms with van der Waals surface area (Å²) in [6.45, 7) is 4.96. The third kappa shape index (κ3) is 3.57. The first kappa shape index (κ1) is 16.9. The number of aromatic nitrogens is 4. The number of nitrogens with one attached hydrogen (secondary N) is 1. The van der Waals surface area contributed by atoms with E-state index >= 15 is 0 Å². The number of nitrogens with zero attached hydrogens (tertiary/aromatic N) is 4. The second kappa shape index (κ2) is 7.27. The van der Waals surface area contributed by atoms with Gasteiger partial charge in [0.1, 0.15) is 11.6 Å². The van der Waals surface area contributed by atoms with Crippen LogP contribution in [0.15, 0.2) is 23.7 Å². The zero-order valence-electron chi connectivity index (χ0n) is 14.2. The van der Waals surface area contributed by atoms with Crippen molar-refractivity contribution in [1.29, 1.82) is 0 Å². The third-order valence-electron chi connectivity index (χ3n) is 4.01. The molecule has 0 bridgehead atoms. The van der Waals surface area contributed by atoms with Gasteiger partial charge in [-0.1, -0.05) is 19.9 Å². The number of aryl methyl sites for hydroxylation is 1. The molecular formula is C17H23N5OS. The molecule has 1 unspecified atom stereocenters. The highest BCUT2D eigenvalue weighted by atomic mass is 32.1. The summed E-state index contributed by atoms with van der Waals surface area (Å²) in [5.41, 5.74) is 0.829. The Morgan fingerprint density at radius 2 is 2.17 bits per heavy atom. The second-order valence-electron chi connectivity index (χ2n) is 6.30. The fraction of sp³-hybridized carbons (Fsp3) is 0.471. The van der Waals surface area contributed by atoms with Gasteiger partial charge in [-0.2, -0.15) is 5.10 Å². The number of thiophene rings is 1. The molecule has 3 aromatic heterocycles. The van der Waals surface area contributed by atoms with Crippen molar-refractivity contribution in [2.24, 2.45) is 13.0 Å². The molecule has 0 aliphatic heterocycles. The van der Waals surface area contributed by atoms with E-state index < -0.39 is 0 Å². The van der Waals surface area contributed by atoms with Gasteiger partial charge in [0, 0.05) is 36.9 Å². The molecule has 0 radical (unpaired) electrons. The van der Waals surface area contributed by atoms with E-state index in [2.05, 4.69) is 45.7 Å². The molecule has 3 rings (SSSR count).